The van der Waals surface area contributed by atoms with Crippen molar-refractivity contribution in [2.45, 2.75) is 51.6 Å². The van der Waals surface area contributed by atoms with Gasteiger partial charge in [0.15, 0.2) is 11.6 Å². The Balaban J connectivity index is 0.00000210. The molecule has 4 aliphatic rings. The summed E-state index contributed by atoms with van der Waals surface area (Å²) in [4.78, 5) is 37.6. The highest BCUT2D eigenvalue weighted by Crippen LogP contribution is 2.65. The second kappa shape index (κ2) is 6.36. The van der Waals surface area contributed by atoms with E-state index in [4.69, 9.17) is 5.73 Å². The number of allylic oxidation sites excluding steroid dienone is 4. The molecule has 0 aliphatic heterocycles. The second-order valence-corrected chi connectivity index (χ2v) is 9.06. The number of hydrogen-bond acceptors (Lipinski definition) is 5. The molecule has 3 N–H and O–H groups in total. The number of fused-ring (bicyclic) bond motifs is 5. The van der Waals surface area contributed by atoms with Crippen LogP contribution in [0.5, 0.6) is 0 Å². The fraction of sp³-hybridized carbons (Fsp3) is 0.667. The van der Waals surface area contributed by atoms with Crippen molar-refractivity contribution < 1.29 is 19.5 Å². The lowest BCUT2D eigenvalue weighted by atomic mass is 9.46. The Morgan fingerprint density at radius 3 is 2.67 bits per heavy atom. The number of hydrogen-bond donors (Lipinski definition) is 2. The molecule has 0 amide bonds. The fourth-order valence-electron chi connectivity index (χ4n) is 6.66. The van der Waals surface area contributed by atoms with Gasteiger partial charge in [-0.25, -0.2) is 0 Å². The highest BCUT2D eigenvalue weighted by Gasteiger charge is 2.68. The Hall–Kier alpha value is -1.30. The first-order chi connectivity index (χ1) is 12.2. The van der Waals surface area contributed by atoms with E-state index in [1.807, 2.05) is 13.0 Å². The first-order valence-electron chi connectivity index (χ1n) is 9.60. The summed E-state index contributed by atoms with van der Waals surface area (Å²) in [5.41, 5.74) is 3.95. The van der Waals surface area contributed by atoms with E-state index in [9.17, 15) is 19.5 Å². The maximum absolute atomic E-state index is 13.3. The third-order valence-electron chi connectivity index (χ3n) is 8.06. The molecule has 3 fully saturated rings. The van der Waals surface area contributed by atoms with E-state index in [-0.39, 0.29) is 60.5 Å². The van der Waals surface area contributed by atoms with Crippen LogP contribution >= 0.6 is 12.4 Å². The summed E-state index contributed by atoms with van der Waals surface area (Å²) >= 11 is 0. The number of Topliss-reactive ketones (excluding diaryl/α,β-unsaturated/α-hetero) is 2. The molecule has 5 nitrogen and oxygen atoms in total. The SMILES string of the molecule is C[C@]12C=CC(=O)C=C1CCC1C2C(=O)C[C@@]2(C)C1CC[C@]2(O)C(=O)CN.Cl. The summed E-state index contributed by atoms with van der Waals surface area (Å²) < 4.78 is 0. The summed E-state index contributed by atoms with van der Waals surface area (Å²) in [6.45, 7) is 3.77. The predicted molar refractivity (Wildman–Crippen MR) is 103 cm³/mol. The van der Waals surface area contributed by atoms with Gasteiger partial charge >= 0.3 is 0 Å². The quantitative estimate of drug-likeness (QED) is 0.749. The van der Waals surface area contributed by atoms with Crippen LogP contribution in [-0.2, 0) is 14.4 Å². The molecule has 0 saturated heterocycles. The van der Waals surface area contributed by atoms with Crippen LogP contribution in [0.4, 0.5) is 0 Å². The zero-order valence-electron chi connectivity index (χ0n) is 15.9. The molecule has 6 atom stereocenters. The van der Waals surface area contributed by atoms with E-state index < -0.39 is 16.4 Å². The molecule has 4 aliphatic carbocycles. The van der Waals surface area contributed by atoms with Crippen molar-refractivity contribution in [3.05, 3.63) is 23.8 Å². The monoisotopic (exact) mass is 393 g/mol. The number of aliphatic hydroxyl groups is 1. The smallest absolute Gasteiger partial charge is 0.178 e. The van der Waals surface area contributed by atoms with Crippen LogP contribution in [0.25, 0.3) is 0 Å². The molecular formula is C21H28ClNO4. The lowest BCUT2D eigenvalue weighted by molar-refractivity contribution is -0.166. The molecular weight excluding hydrogens is 366 g/mol. The Labute approximate surface area is 165 Å². The Morgan fingerprint density at radius 2 is 2.00 bits per heavy atom. The molecule has 0 radical (unpaired) electrons. The Morgan fingerprint density at radius 1 is 1.30 bits per heavy atom. The highest BCUT2D eigenvalue weighted by molar-refractivity contribution is 6.02. The topological polar surface area (TPSA) is 97.5 Å². The molecule has 148 valence electrons. The van der Waals surface area contributed by atoms with Crippen molar-refractivity contribution >= 4 is 29.8 Å². The lowest BCUT2D eigenvalue weighted by Gasteiger charge is -2.56. The molecule has 0 aromatic heterocycles. The number of halogens is 1. The van der Waals surface area contributed by atoms with Crippen LogP contribution in [0.15, 0.2) is 23.8 Å². The molecule has 0 aromatic rings. The third kappa shape index (κ3) is 2.48. The minimum absolute atomic E-state index is 0. The van der Waals surface area contributed by atoms with Crippen LogP contribution in [0.3, 0.4) is 0 Å². The summed E-state index contributed by atoms with van der Waals surface area (Å²) in [6.07, 6.45) is 8.12. The number of carbonyl (C=O) groups is 3. The van der Waals surface area contributed by atoms with Crippen molar-refractivity contribution in [3.8, 4) is 0 Å². The van der Waals surface area contributed by atoms with Crippen molar-refractivity contribution in [2.75, 3.05) is 6.54 Å². The molecule has 0 heterocycles. The maximum Gasteiger partial charge on any atom is 0.178 e. The molecule has 0 spiro atoms. The number of rotatable bonds is 2. The average molecular weight is 394 g/mol. The van der Waals surface area contributed by atoms with Gasteiger partial charge in [-0.15, -0.1) is 12.4 Å². The number of ketones is 3. The third-order valence-corrected chi connectivity index (χ3v) is 8.06. The van der Waals surface area contributed by atoms with E-state index in [2.05, 4.69) is 6.92 Å². The Bertz CT molecular complexity index is 774. The van der Waals surface area contributed by atoms with E-state index in [0.29, 0.717) is 6.42 Å². The molecule has 3 unspecified atom stereocenters. The van der Waals surface area contributed by atoms with Crippen LogP contribution in [0.2, 0.25) is 0 Å². The maximum atomic E-state index is 13.3. The van der Waals surface area contributed by atoms with Crippen LogP contribution in [0.1, 0.15) is 46.0 Å². The van der Waals surface area contributed by atoms with Gasteiger partial charge < -0.3 is 10.8 Å². The molecule has 4 rings (SSSR count). The van der Waals surface area contributed by atoms with Crippen molar-refractivity contribution in [1.82, 2.24) is 0 Å². The van der Waals surface area contributed by atoms with Gasteiger partial charge in [0.2, 0.25) is 0 Å². The largest absolute Gasteiger partial charge is 0.381 e. The lowest BCUT2D eigenvalue weighted by Crippen LogP contribution is -2.61. The molecule has 3 saturated carbocycles. The summed E-state index contributed by atoms with van der Waals surface area (Å²) in [5, 5.41) is 11.2. The van der Waals surface area contributed by atoms with Gasteiger partial charge in [-0.2, -0.15) is 0 Å². The summed E-state index contributed by atoms with van der Waals surface area (Å²) in [6, 6.07) is 0. The summed E-state index contributed by atoms with van der Waals surface area (Å²) in [7, 11) is 0. The zero-order valence-corrected chi connectivity index (χ0v) is 16.7. The first-order valence-corrected chi connectivity index (χ1v) is 9.60. The highest BCUT2D eigenvalue weighted by atomic mass is 35.5. The molecule has 0 aromatic carbocycles. The summed E-state index contributed by atoms with van der Waals surface area (Å²) in [5.74, 6) is -0.186. The van der Waals surface area contributed by atoms with E-state index >= 15 is 0 Å². The fourth-order valence-corrected chi connectivity index (χ4v) is 6.66. The van der Waals surface area contributed by atoms with Gasteiger partial charge in [-0.1, -0.05) is 25.5 Å². The standard InChI is InChI=1S/C21H27NO4.ClH/c1-19-7-5-13(23)9-12(19)3-4-14-15-6-8-21(26,17(25)11-22)20(15,2)10-16(24)18(14)19;/h5,7,9,14-15,18,26H,3-4,6,8,10-11,22H2,1-2H3;1H/t14?,15?,18?,19-,20-,21-;/m0./s1. The van der Waals surface area contributed by atoms with Crippen molar-refractivity contribution in [3.63, 3.8) is 0 Å². The van der Waals surface area contributed by atoms with Crippen molar-refractivity contribution in [2.24, 2.45) is 34.3 Å². The normalized spacial score (nSPS) is 45.3. The van der Waals surface area contributed by atoms with Gasteiger partial charge in [0.05, 0.1) is 6.54 Å². The van der Waals surface area contributed by atoms with Gasteiger partial charge in [-0.05, 0) is 49.7 Å². The van der Waals surface area contributed by atoms with Crippen LogP contribution < -0.4 is 5.73 Å². The Kier molecular flexibility index (Phi) is 4.81. The van der Waals surface area contributed by atoms with Crippen LogP contribution in [-0.4, -0.2) is 34.6 Å². The van der Waals surface area contributed by atoms with Crippen molar-refractivity contribution in [1.29, 1.82) is 0 Å². The van der Waals surface area contributed by atoms with E-state index in [0.717, 1.165) is 24.8 Å². The van der Waals surface area contributed by atoms with Gasteiger partial charge in [0, 0.05) is 23.2 Å². The zero-order chi connectivity index (χ0) is 18.9. The minimum Gasteiger partial charge on any atom is -0.381 e. The average Bonchev–Trinajstić information content (AvgIpc) is 2.86. The predicted octanol–water partition coefficient (Wildman–Crippen LogP) is 2.15. The van der Waals surface area contributed by atoms with E-state index in [1.165, 1.54) is 0 Å². The van der Waals surface area contributed by atoms with Crippen LogP contribution in [0, 0.1) is 28.6 Å². The van der Waals surface area contributed by atoms with Gasteiger partial charge in [0.1, 0.15) is 11.4 Å². The molecule has 0 bridgehead atoms. The number of nitrogens with two attached hydrogens (primary N) is 1. The number of carbonyl (C=O) groups excluding carboxylic acids is 3. The second-order valence-electron chi connectivity index (χ2n) is 9.06. The van der Waals surface area contributed by atoms with Gasteiger partial charge in [0.25, 0.3) is 0 Å². The first kappa shape index (κ1) is 20.4. The minimum atomic E-state index is -1.50. The van der Waals surface area contributed by atoms with Gasteiger partial charge in [-0.3, -0.25) is 14.4 Å². The molecule has 6 heteroatoms. The molecule has 27 heavy (non-hydrogen) atoms. The van der Waals surface area contributed by atoms with E-state index in [1.54, 1.807) is 12.2 Å².